The molecular weight excluding hydrogens is 394 g/mol. The Morgan fingerprint density at radius 1 is 1.26 bits per heavy atom. The fourth-order valence-electron chi connectivity index (χ4n) is 3.53. The van der Waals surface area contributed by atoms with Crippen molar-refractivity contribution in [2.45, 2.75) is 32.8 Å². The Balaban J connectivity index is 1.60. The second kappa shape index (κ2) is 7.76. The van der Waals surface area contributed by atoms with Crippen molar-refractivity contribution in [2.24, 2.45) is 0 Å². The third-order valence-corrected chi connectivity index (χ3v) is 5.04. The van der Waals surface area contributed by atoms with Gasteiger partial charge in [-0.2, -0.15) is 10.4 Å². The van der Waals surface area contributed by atoms with Gasteiger partial charge in [0, 0.05) is 18.7 Å². The first-order chi connectivity index (χ1) is 14.7. The molecule has 0 radical (unpaired) electrons. The quantitative estimate of drug-likeness (QED) is 0.686. The van der Waals surface area contributed by atoms with Gasteiger partial charge >= 0.3 is 6.09 Å². The number of benzene rings is 1. The molecule has 1 N–H and O–H groups in total. The normalized spacial score (nSPS) is 14.3. The Hall–Kier alpha value is -3.86. The number of hydrogen-bond donors (Lipinski definition) is 1. The Bertz CT molecular complexity index is 1270. The predicted octanol–water partition coefficient (Wildman–Crippen LogP) is 3.59. The molecule has 0 saturated heterocycles. The SMILES string of the molecule is CC(C)(C)OC(=O)N1CC=C(c2cn3ncc(-c4ccc(C#N)cc4)c3c(=O)[nH]2)CC1. The Morgan fingerprint density at radius 2 is 2.00 bits per heavy atom. The van der Waals surface area contributed by atoms with Crippen LogP contribution in [0.25, 0.3) is 22.2 Å². The van der Waals surface area contributed by atoms with Gasteiger partial charge in [0.1, 0.15) is 11.1 Å². The van der Waals surface area contributed by atoms with E-state index in [0.29, 0.717) is 41.8 Å². The maximum atomic E-state index is 12.9. The van der Waals surface area contributed by atoms with E-state index in [1.165, 1.54) is 0 Å². The molecule has 3 heterocycles. The van der Waals surface area contributed by atoms with Gasteiger partial charge in [-0.1, -0.05) is 18.2 Å². The molecule has 1 aliphatic rings. The fraction of sp³-hybridized carbons (Fsp3) is 0.304. The highest BCUT2D eigenvalue weighted by Crippen LogP contribution is 2.25. The smallest absolute Gasteiger partial charge is 0.410 e. The van der Waals surface area contributed by atoms with Gasteiger partial charge in [0.25, 0.3) is 5.56 Å². The number of carbonyl (C=O) groups is 1. The zero-order valence-corrected chi connectivity index (χ0v) is 17.7. The number of nitrogens with zero attached hydrogens (tertiary/aromatic N) is 4. The molecule has 0 bridgehead atoms. The summed E-state index contributed by atoms with van der Waals surface area (Å²) < 4.78 is 6.99. The molecule has 0 spiro atoms. The number of nitrogens with one attached hydrogen (secondary N) is 1. The first-order valence-corrected chi connectivity index (χ1v) is 10.0. The van der Waals surface area contributed by atoms with E-state index < -0.39 is 5.60 Å². The summed E-state index contributed by atoms with van der Waals surface area (Å²) in [6.07, 6.45) is 5.62. The lowest BCUT2D eigenvalue weighted by molar-refractivity contribution is 0.0270. The minimum atomic E-state index is -0.538. The summed E-state index contributed by atoms with van der Waals surface area (Å²) in [7, 11) is 0. The highest BCUT2D eigenvalue weighted by molar-refractivity contribution is 5.80. The van der Waals surface area contributed by atoms with Crippen LogP contribution >= 0.6 is 0 Å². The number of aromatic nitrogens is 3. The zero-order chi connectivity index (χ0) is 22.2. The van der Waals surface area contributed by atoms with E-state index in [1.807, 2.05) is 26.8 Å². The van der Waals surface area contributed by atoms with E-state index in [9.17, 15) is 9.59 Å². The van der Waals surface area contributed by atoms with Gasteiger partial charge in [-0.05, 0) is 50.5 Å². The van der Waals surface area contributed by atoms with Gasteiger partial charge in [-0.3, -0.25) is 4.79 Å². The first-order valence-electron chi connectivity index (χ1n) is 10.0. The van der Waals surface area contributed by atoms with E-state index in [-0.39, 0.29) is 11.7 Å². The maximum absolute atomic E-state index is 12.9. The molecule has 8 nitrogen and oxygen atoms in total. The third-order valence-electron chi connectivity index (χ3n) is 5.04. The summed E-state index contributed by atoms with van der Waals surface area (Å²) >= 11 is 0. The number of H-pyrrole nitrogens is 1. The molecule has 0 aliphatic carbocycles. The lowest BCUT2D eigenvalue weighted by Crippen LogP contribution is -2.39. The first kappa shape index (κ1) is 20.4. The lowest BCUT2D eigenvalue weighted by atomic mass is 10.0. The molecule has 0 saturated carbocycles. The number of ether oxygens (including phenoxy) is 1. The number of carbonyl (C=O) groups excluding carboxylic acids is 1. The van der Waals surface area contributed by atoms with Gasteiger partial charge in [-0.25, -0.2) is 9.31 Å². The van der Waals surface area contributed by atoms with Crippen LogP contribution in [0.5, 0.6) is 0 Å². The molecule has 158 valence electrons. The molecule has 8 heteroatoms. The summed E-state index contributed by atoms with van der Waals surface area (Å²) in [6.45, 7) is 6.45. The molecule has 3 aromatic rings. The Labute approximate surface area is 179 Å². The number of hydrogen-bond acceptors (Lipinski definition) is 5. The molecule has 2 aromatic heterocycles. The van der Waals surface area contributed by atoms with Gasteiger partial charge < -0.3 is 14.6 Å². The summed E-state index contributed by atoms with van der Waals surface area (Å²) in [5.74, 6) is 0. The van der Waals surface area contributed by atoms with Gasteiger partial charge in [0.15, 0.2) is 0 Å². The van der Waals surface area contributed by atoms with Crippen LogP contribution < -0.4 is 5.56 Å². The largest absolute Gasteiger partial charge is 0.444 e. The second-order valence-electron chi connectivity index (χ2n) is 8.44. The van der Waals surface area contributed by atoms with E-state index in [4.69, 9.17) is 10.00 Å². The number of rotatable bonds is 2. The Kier molecular flexibility index (Phi) is 5.11. The van der Waals surface area contributed by atoms with Crippen LogP contribution in [0.4, 0.5) is 4.79 Å². The van der Waals surface area contributed by atoms with Crippen molar-refractivity contribution in [3.05, 3.63) is 64.3 Å². The van der Waals surface area contributed by atoms with E-state index in [2.05, 4.69) is 16.2 Å². The average molecular weight is 417 g/mol. The molecule has 0 atom stereocenters. The monoisotopic (exact) mass is 417 g/mol. The van der Waals surface area contributed by atoms with Crippen molar-refractivity contribution in [3.8, 4) is 17.2 Å². The standard InChI is InChI=1S/C23H23N5O3/c1-23(2,3)31-22(30)27-10-8-17(9-11-27)19-14-28-20(21(29)26-19)18(13-25-28)16-6-4-15(12-24)5-7-16/h4-8,13-14H,9-11H2,1-3H3,(H,26,29). The number of nitriles is 1. The van der Waals surface area contributed by atoms with E-state index in [1.54, 1.807) is 46.1 Å². The minimum absolute atomic E-state index is 0.246. The van der Waals surface area contributed by atoms with E-state index >= 15 is 0 Å². The molecule has 4 rings (SSSR count). The molecule has 1 aliphatic heterocycles. The molecular formula is C23H23N5O3. The van der Waals surface area contributed by atoms with Crippen LogP contribution in [-0.2, 0) is 4.74 Å². The summed E-state index contributed by atoms with van der Waals surface area (Å²) in [4.78, 5) is 29.7. The second-order valence-corrected chi connectivity index (χ2v) is 8.44. The molecule has 0 fully saturated rings. The fourth-order valence-corrected chi connectivity index (χ4v) is 3.53. The highest BCUT2D eigenvalue weighted by atomic mass is 16.6. The van der Waals surface area contributed by atoms with Crippen molar-refractivity contribution < 1.29 is 9.53 Å². The van der Waals surface area contributed by atoms with Crippen LogP contribution in [0.1, 0.15) is 38.4 Å². The van der Waals surface area contributed by atoms with Crippen LogP contribution in [-0.4, -0.2) is 44.3 Å². The average Bonchev–Trinajstić information content (AvgIpc) is 3.17. The van der Waals surface area contributed by atoms with Gasteiger partial charge in [0.2, 0.25) is 0 Å². The third kappa shape index (κ3) is 4.21. The Morgan fingerprint density at radius 3 is 2.61 bits per heavy atom. The molecule has 1 amide bonds. The minimum Gasteiger partial charge on any atom is -0.444 e. The molecule has 31 heavy (non-hydrogen) atoms. The van der Waals surface area contributed by atoms with Crippen molar-refractivity contribution >= 4 is 17.2 Å². The van der Waals surface area contributed by atoms with Crippen LogP contribution in [0, 0.1) is 11.3 Å². The van der Waals surface area contributed by atoms with Crippen molar-refractivity contribution in [1.82, 2.24) is 19.5 Å². The van der Waals surface area contributed by atoms with Gasteiger partial charge in [-0.15, -0.1) is 0 Å². The van der Waals surface area contributed by atoms with E-state index in [0.717, 1.165) is 11.1 Å². The molecule has 1 aromatic carbocycles. The number of aromatic amines is 1. The number of amides is 1. The molecule has 0 unspecified atom stereocenters. The maximum Gasteiger partial charge on any atom is 0.410 e. The number of fused-ring (bicyclic) bond motifs is 1. The van der Waals surface area contributed by atoms with Crippen molar-refractivity contribution in [1.29, 1.82) is 5.26 Å². The summed E-state index contributed by atoms with van der Waals surface area (Å²) in [5, 5.41) is 13.3. The summed E-state index contributed by atoms with van der Waals surface area (Å²) in [5.41, 5.74) is 3.36. The highest BCUT2D eigenvalue weighted by Gasteiger charge is 2.24. The van der Waals surface area contributed by atoms with Crippen molar-refractivity contribution in [3.63, 3.8) is 0 Å². The predicted molar refractivity (Wildman–Crippen MR) is 116 cm³/mol. The van der Waals surface area contributed by atoms with Crippen LogP contribution in [0.2, 0.25) is 0 Å². The van der Waals surface area contributed by atoms with Crippen LogP contribution in [0.15, 0.2) is 47.5 Å². The van der Waals surface area contributed by atoms with Crippen LogP contribution in [0.3, 0.4) is 0 Å². The topological polar surface area (TPSA) is 103 Å². The van der Waals surface area contributed by atoms with Gasteiger partial charge in [0.05, 0.1) is 29.7 Å². The zero-order valence-electron chi connectivity index (χ0n) is 17.7. The summed E-state index contributed by atoms with van der Waals surface area (Å²) in [6, 6.07) is 9.12. The lowest BCUT2D eigenvalue weighted by Gasteiger charge is -2.29. The van der Waals surface area contributed by atoms with Crippen molar-refractivity contribution in [2.75, 3.05) is 13.1 Å².